The minimum Gasteiger partial charge on any atom is -0.445 e. The van der Waals surface area contributed by atoms with E-state index in [1.165, 1.54) is 6.92 Å². The monoisotopic (exact) mass is 580 g/mol. The molecule has 226 valence electrons. The molecule has 0 radical (unpaired) electrons. The van der Waals surface area contributed by atoms with Gasteiger partial charge in [0, 0.05) is 11.3 Å². The molecule has 0 saturated carbocycles. The second-order valence-electron chi connectivity index (χ2n) is 10.8. The zero-order chi connectivity index (χ0) is 31.3. The molecule has 2 aromatic carbocycles. The van der Waals surface area contributed by atoms with Crippen LogP contribution >= 0.6 is 0 Å². The van der Waals surface area contributed by atoms with Crippen LogP contribution in [-0.2, 0) is 32.3 Å². The van der Waals surface area contributed by atoms with E-state index in [4.69, 9.17) is 9.47 Å². The zero-order valence-corrected chi connectivity index (χ0v) is 24.9. The highest BCUT2D eigenvalue weighted by atomic mass is 16.6. The van der Waals surface area contributed by atoms with Crippen molar-refractivity contribution in [2.24, 2.45) is 5.92 Å². The molecule has 0 aliphatic rings. The molecule has 0 fully saturated rings. The van der Waals surface area contributed by atoms with Crippen LogP contribution in [0.3, 0.4) is 0 Å². The summed E-state index contributed by atoms with van der Waals surface area (Å²) in [4.78, 5) is 49.8. The van der Waals surface area contributed by atoms with Crippen LogP contribution in [0.4, 0.5) is 15.3 Å². The number of aliphatic hydroxyl groups excluding tert-OH is 1. The Labute approximate surface area is 246 Å². The smallest absolute Gasteiger partial charge is 0.408 e. The first-order valence-corrected chi connectivity index (χ1v) is 13.6. The molecule has 0 heterocycles. The summed E-state index contributed by atoms with van der Waals surface area (Å²) < 4.78 is 10.4. The predicted molar refractivity (Wildman–Crippen MR) is 158 cm³/mol. The Kier molecular flexibility index (Phi) is 12.8. The largest absolute Gasteiger partial charge is 0.445 e. The normalized spacial score (nSPS) is 12.2. The summed E-state index contributed by atoms with van der Waals surface area (Å²) in [6.45, 7) is 10.1. The first kappa shape index (κ1) is 33.6. The number of hydrogen-bond donors (Lipinski definition) is 5. The van der Waals surface area contributed by atoms with Crippen molar-refractivity contribution in [1.29, 1.82) is 0 Å². The van der Waals surface area contributed by atoms with Crippen LogP contribution in [0.15, 0.2) is 48.5 Å². The molecule has 2 aromatic rings. The van der Waals surface area contributed by atoms with Gasteiger partial charge in [-0.3, -0.25) is 9.59 Å². The van der Waals surface area contributed by atoms with Crippen LogP contribution < -0.4 is 21.3 Å². The lowest BCUT2D eigenvalue weighted by atomic mass is 10.0. The Morgan fingerprint density at radius 2 is 1.62 bits per heavy atom. The minimum atomic E-state index is -0.933. The summed E-state index contributed by atoms with van der Waals surface area (Å²) in [5, 5.41) is 20.1. The summed E-state index contributed by atoms with van der Waals surface area (Å²) >= 11 is 0. The molecular weight excluding hydrogens is 540 g/mol. The summed E-state index contributed by atoms with van der Waals surface area (Å²) in [7, 11) is 0. The second kappa shape index (κ2) is 16.0. The van der Waals surface area contributed by atoms with Crippen molar-refractivity contribution in [3.8, 4) is 11.8 Å². The molecule has 2 rings (SSSR count). The SMILES string of the molecule is CC(C)[C@H](NC(=O)OC(C)(C)C)C(=O)N[C@@H](C)C(=O)Nc1ccc(CO)c(C#CCNC(=O)OCc2ccccc2)c1. The van der Waals surface area contributed by atoms with Gasteiger partial charge in [-0.15, -0.1) is 0 Å². The van der Waals surface area contributed by atoms with Gasteiger partial charge >= 0.3 is 12.2 Å². The number of aliphatic hydroxyl groups is 1. The summed E-state index contributed by atoms with van der Waals surface area (Å²) in [6, 6.07) is 12.2. The topological polar surface area (TPSA) is 155 Å². The lowest BCUT2D eigenvalue weighted by Crippen LogP contribution is -2.54. The van der Waals surface area contributed by atoms with E-state index in [1.807, 2.05) is 30.3 Å². The molecule has 0 aliphatic heterocycles. The molecule has 11 heteroatoms. The Morgan fingerprint density at radius 1 is 0.929 bits per heavy atom. The van der Waals surface area contributed by atoms with Crippen LogP contribution in [0.5, 0.6) is 0 Å². The molecular formula is C31H40N4O7. The number of ether oxygens (including phenoxy) is 2. The van der Waals surface area contributed by atoms with Crippen LogP contribution in [0.1, 0.15) is 58.2 Å². The summed E-state index contributed by atoms with van der Waals surface area (Å²) in [5.41, 5.74) is 1.50. The number of amides is 4. The lowest BCUT2D eigenvalue weighted by molar-refractivity contribution is -0.128. The molecule has 2 atom stereocenters. The maximum Gasteiger partial charge on any atom is 0.408 e. The van der Waals surface area contributed by atoms with Crippen molar-refractivity contribution in [3.05, 3.63) is 65.2 Å². The molecule has 42 heavy (non-hydrogen) atoms. The van der Waals surface area contributed by atoms with Crippen molar-refractivity contribution >= 4 is 29.7 Å². The maximum atomic E-state index is 12.9. The van der Waals surface area contributed by atoms with Crippen LogP contribution in [0.25, 0.3) is 0 Å². The van der Waals surface area contributed by atoms with Gasteiger partial charge in [-0.05, 0) is 56.9 Å². The quantitative estimate of drug-likeness (QED) is 0.270. The standard InChI is InChI=1S/C31H40N4O7/c1-20(2)26(35-30(40)42-31(4,5)6)28(38)33-21(3)27(37)34-25-15-14-24(18-36)23(17-25)13-10-16-32-29(39)41-19-22-11-8-7-9-12-22/h7-9,11-12,14-15,17,20-21,26,36H,16,18-19H2,1-6H3,(H,32,39)(H,33,38)(H,34,37)(H,35,40)/t21-,26-/m0/s1. The average molecular weight is 581 g/mol. The molecule has 0 aromatic heterocycles. The van der Waals surface area contributed by atoms with Gasteiger partial charge in [0.1, 0.15) is 24.3 Å². The van der Waals surface area contributed by atoms with Gasteiger partial charge in [-0.2, -0.15) is 0 Å². The van der Waals surface area contributed by atoms with E-state index in [-0.39, 0.29) is 25.7 Å². The van der Waals surface area contributed by atoms with Gasteiger partial charge < -0.3 is 35.8 Å². The summed E-state index contributed by atoms with van der Waals surface area (Å²) in [6.07, 6.45) is -1.35. The van der Waals surface area contributed by atoms with Crippen molar-refractivity contribution < 1.29 is 33.8 Å². The fourth-order valence-electron chi connectivity index (χ4n) is 3.53. The van der Waals surface area contributed by atoms with Crippen molar-refractivity contribution in [2.45, 2.75) is 72.4 Å². The third-order valence-corrected chi connectivity index (χ3v) is 5.68. The molecule has 0 spiro atoms. The fraction of sp³-hybridized carbons (Fsp3) is 0.419. The van der Waals surface area contributed by atoms with Crippen LogP contribution in [-0.4, -0.2) is 53.3 Å². The van der Waals surface area contributed by atoms with Gasteiger partial charge in [-0.25, -0.2) is 9.59 Å². The first-order valence-electron chi connectivity index (χ1n) is 13.6. The molecule has 11 nitrogen and oxygen atoms in total. The van der Waals surface area contributed by atoms with Crippen LogP contribution in [0.2, 0.25) is 0 Å². The Morgan fingerprint density at radius 3 is 2.24 bits per heavy atom. The molecule has 4 amide bonds. The number of anilines is 1. The molecule has 0 unspecified atom stereocenters. The van der Waals surface area contributed by atoms with Gasteiger partial charge in [0.15, 0.2) is 0 Å². The van der Waals surface area contributed by atoms with E-state index < -0.39 is 41.7 Å². The number of benzene rings is 2. The first-order chi connectivity index (χ1) is 19.8. The van der Waals surface area contributed by atoms with Crippen molar-refractivity contribution in [3.63, 3.8) is 0 Å². The van der Waals surface area contributed by atoms with Gasteiger partial charge in [0.2, 0.25) is 11.8 Å². The van der Waals surface area contributed by atoms with E-state index in [0.29, 0.717) is 16.8 Å². The van der Waals surface area contributed by atoms with Gasteiger partial charge in [-0.1, -0.05) is 62.1 Å². The fourth-order valence-corrected chi connectivity index (χ4v) is 3.53. The van der Waals surface area contributed by atoms with E-state index >= 15 is 0 Å². The second-order valence-corrected chi connectivity index (χ2v) is 10.8. The molecule has 0 aliphatic carbocycles. The predicted octanol–water partition coefficient (Wildman–Crippen LogP) is 3.45. The lowest BCUT2D eigenvalue weighted by Gasteiger charge is -2.26. The zero-order valence-electron chi connectivity index (χ0n) is 24.9. The summed E-state index contributed by atoms with van der Waals surface area (Å²) in [5.74, 6) is 4.38. The highest BCUT2D eigenvalue weighted by Crippen LogP contribution is 2.16. The highest BCUT2D eigenvalue weighted by Gasteiger charge is 2.29. The molecule has 0 saturated heterocycles. The average Bonchev–Trinajstić information content (AvgIpc) is 2.92. The third-order valence-electron chi connectivity index (χ3n) is 5.68. The van der Waals surface area contributed by atoms with E-state index in [2.05, 4.69) is 33.1 Å². The molecule has 5 N–H and O–H groups in total. The maximum absolute atomic E-state index is 12.9. The number of alkyl carbamates (subject to hydrolysis) is 2. The number of rotatable bonds is 10. The van der Waals surface area contributed by atoms with E-state index in [1.54, 1.807) is 52.8 Å². The van der Waals surface area contributed by atoms with Gasteiger partial charge in [0.25, 0.3) is 0 Å². The van der Waals surface area contributed by atoms with E-state index in [9.17, 15) is 24.3 Å². The van der Waals surface area contributed by atoms with Gasteiger partial charge in [0.05, 0.1) is 13.2 Å². The number of hydrogen-bond acceptors (Lipinski definition) is 7. The highest BCUT2D eigenvalue weighted by molar-refractivity contribution is 5.98. The van der Waals surface area contributed by atoms with E-state index in [0.717, 1.165) is 5.56 Å². The minimum absolute atomic E-state index is 0.00644. The van der Waals surface area contributed by atoms with Crippen LogP contribution in [0, 0.1) is 17.8 Å². The number of carbonyl (C=O) groups is 4. The third kappa shape index (κ3) is 11.9. The van der Waals surface area contributed by atoms with Crippen molar-refractivity contribution in [1.82, 2.24) is 16.0 Å². The Balaban J connectivity index is 1.95. The molecule has 0 bridgehead atoms. The Hall–Kier alpha value is -4.56. The number of nitrogens with one attached hydrogen (secondary N) is 4. The number of carbonyl (C=O) groups excluding carboxylic acids is 4. The Bertz CT molecular complexity index is 1290. The van der Waals surface area contributed by atoms with Crippen molar-refractivity contribution in [2.75, 3.05) is 11.9 Å².